The fourth-order valence-corrected chi connectivity index (χ4v) is 3.64. The number of carbonyl (C=O) groups excluding carboxylic acids is 1. The predicted molar refractivity (Wildman–Crippen MR) is 93.6 cm³/mol. The lowest BCUT2D eigenvalue weighted by molar-refractivity contribution is 0.234. The number of hydrogen-bond acceptors (Lipinski definition) is 4. The molecule has 2 atom stereocenters. The first-order valence-corrected chi connectivity index (χ1v) is 9.17. The normalized spacial score (nSPS) is 13.5. The maximum Gasteiger partial charge on any atom is 0.315 e. The van der Waals surface area contributed by atoms with Gasteiger partial charge in [0.05, 0.1) is 12.1 Å². The molecule has 0 saturated carbocycles. The Morgan fingerprint density at radius 2 is 1.91 bits per heavy atom. The molecule has 2 rings (SSSR count). The monoisotopic (exact) mass is 335 g/mol. The summed E-state index contributed by atoms with van der Waals surface area (Å²) in [5, 5.41) is 6.85. The van der Waals surface area contributed by atoms with Crippen LogP contribution in [0.15, 0.2) is 35.4 Å². The average molecular weight is 335 g/mol. The fraction of sp³-hybridized carbons (Fsp3) is 0.375. The number of aromatic nitrogens is 1. The van der Waals surface area contributed by atoms with E-state index in [1.54, 1.807) is 23.1 Å². The van der Waals surface area contributed by atoms with Crippen LogP contribution in [-0.2, 0) is 0 Å². The molecule has 1 aromatic carbocycles. The Bertz CT molecular complexity index is 642. The van der Waals surface area contributed by atoms with Crippen LogP contribution in [0.25, 0.3) is 0 Å². The minimum Gasteiger partial charge on any atom is -0.332 e. The molecule has 0 aliphatic carbocycles. The highest BCUT2D eigenvalue weighted by molar-refractivity contribution is 7.98. The van der Waals surface area contributed by atoms with E-state index in [1.807, 2.05) is 51.4 Å². The molecule has 2 aromatic rings. The molecule has 2 N–H and O–H groups in total. The van der Waals surface area contributed by atoms with E-state index in [-0.39, 0.29) is 18.1 Å². The molecular formula is C16H21N3OS2. The van der Waals surface area contributed by atoms with Gasteiger partial charge in [-0.1, -0.05) is 18.2 Å². The first kappa shape index (κ1) is 16.8. The first-order valence-electron chi connectivity index (χ1n) is 7.13. The SMILES string of the molecule is CSc1ccccc1[C@@H](C)NC(=O)NC(C)c1ncc(C)s1. The summed E-state index contributed by atoms with van der Waals surface area (Å²) in [7, 11) is 0. The molecule has 1 heterocycles. The third-order valence-corrected chi connectivity index (χ3v) is 5.22. The number of thiazole rings is 1. The topological polar surface area (TPSA) is 54.0 Å². The van der Waals surface area contributed by atoms with E-state index in [1.165, 1.54) is 4.90 Å². The van der Waals surface area contributed by atoms with Gasteiger partial charge in [0, 0.05) is 16.0 Å². The van der Waals surface area contributed by atoms with Gasteiger partial charge in [0.1, 0.15) is 5.01 Å². The molecule has 118 valence electrons. The van der Waals surface area contributed by atoms with E-state index in [0.717, 1.165) is 15.4 Å². The first-order chi connectivity index (χ1) is 10.5. The Labute approximate surface area is 139 Å². The van der Waals surface area contributed by atoms with Crippen molar-refractivity contribution in [3.05, 3.63) is 45.9 Å². The molecule has 2 amide bonds. The lowest BCUT2D eigenvalue weighted by Crippen LogP contribution is -2.38. The van der Waals surface area contributed by atoms with Crippen molar-refractivity contribution in [3.8, 4) is 0 Å². The molecule has 0 bridgehead atoms. The van der Waals surface area contributed by atoms with Crippen LogP contribution in [0.2, 0.25) is 0 Å². The van der Waals surface area contributed by atoms with Gasteiger partial charge in [0.2, 0.25) is 0 Å². The Balaban J connectivity index is 1.96. The summed E-state index contributed by atoms with van der Waals surface area (Å²) in [5.41, 5.74) is 1.13. The van der Waals surface area contributed by atoms with Crippen LogP contribution in [0.3, 0.4) is 0 Å². The molecular weight excluding hydrogens is 314 g/mol. The molecule has 0 aliphatic rings. The summed E-state index contributed by atoms with van der Waals surface area (Å²) in [5.74, 6) is 0. The average Bonchev–Trinajstić information content (AvgIpc) is 2.93. The standard InChI is InChI=1S/C16H21N3OS2/c1-10-9-17-15(22-10)12(3)19-16(20)18-11(2)13-7-5-6-8-14(13)21-4/h5-9,11-12H,1-4H3,(H2,18,19,20)/t11-,12?/m1/s1. The van der Waals surface area contributed by atoms with Gasteiger partial charge < -0.3 is 10.6 Å². The summed E-state index contributed by atoms with van der Waals surface area (Å²) in [4.78, 5) is 18.8. The minimum absolute atomic E-state index is 0.0473. The van der Waals surface area contributed by atoms with Crippen molar-refractivity contribution in [2.75, 3.05) is 6.26 Å². The van der Waals surface area contributed by atoms with Crippen LogP contribution in [0.5, 0.6) is 0 Å². The van der Waals surface area contributed by atoms with Crippen LogP contribution in [0, 0.1) is 6.92 Å². The second kappa shape index (κ2) is 7.65. The van der Waals surface area contributed by atoms with Crippen molar-refractivity contribution in [3.63, 3.8) is 0 Å². The van der Waals surface area contributed by atoms with Crippen molar-refractivity contribution in [2.24, 2.45) is 0 Å². The van der Waals surface area contributed by atoms with E-state index < -0.39 is 0 Å². The number of carbonyl (C=O) groups is 1. The van der Waals surface area contributed by atoms with Gasteiger partial charge >= 0.3 is 6.03 Å². The summed E-state index contributed by atoms with van der Waals surface area (Å²) in [6.07, 6.45) is 3.87. The molecule has 0 radical (unpaired) electrons. The molecule has 1 aromatic heterocycles. The molecule has 4 nitrogen and oxygen atoms in total. The Morgan fingerprint density at radius 3 is 2.55 bits per heavy atom. The highest BCUT2D eigenvalue weighted by atomic mass is 32.2. The van der Waals surface area contributed by atoms with E-state index in [2.05, 4.69) is 21.7 Å². The quantitative estimate of drug-likeness (QED) is 0.801. The summed E-state index contributed by atoms with van der Waals surface area (Å²) >= 11 is 3.29. The Morgan fingerprint density at radius 1 is 1.23 bits per heavy atom. The number of urea groups is 1. The van der Waals surface area contributed by atoms with Gasteiger partial charge in [-0.05, 0) is 38.7 Å². The van der Waals surface area contributed by atoms with Gasteiger partial charge in [-0.2, -0.15) is 0 Å². The Kier molecular flexibility index (Phi) is 5.85. The predicted octanol–water partition coefficient (Wildman–Crippen LogP) is 4.29. The molecule has 0 spiro atoms. The van der Waals surface area contributed by atoms with E-state index in [4.69, 9.17) is 0 Å². The van der Waals surface area contributed by atoms with Crippen LogP contribution >= 0.6 is 23.1 Å². The minimum atomic E-state index is -0.177. The summed E-state index contributed by atoms with van der Waals surface area (Å²) < 4.78 is 0. The molecule has 1 unspecified atom stereocenters. The highest BCUT2D eigenvalue weighted by Crippen LogP contribution is 2.25. The molecule has 0 fully saturated rings. The molecule has 0 saturated heterocycles. The van der Waals surface area contributed by atoms with E-state index in [0.29, 0.717) is 0 Å². The number of nitrogens with one attached hydrogen (secondary N) is 2. The maximum atomic E-state index is 12.2. The number of nitrogens with zero attached hydrogens (tertiary/aromatic N) is 1. The summed E-state index contributed by atoms with van der Waals surface area (Å²) in [6.45, 7) is 5.95. The van der Waals surface area contributed by atoms with Gasteiger partial charge in [-0.15, -0.1) is 23.1 Å². The number of aryl methyl sites for hydroxylation is 1. The third-order valence-electron chi connectivity index (χ3n) is 3.31. The number of hydrogen-bond donors (Lipinski definition) is 2. The smallest absolute Gasteiger partial charge is 0.315 e. The Hall–Kier alpha value is -1.53. The van der Waals surface area contributed by atoms with Crippen LogP contribution in [0.4, 0.5) is 4.79 Å². The highest BCUT2D eigenvalue weighted by Gasteiger charge is 2.16. The van der Waals surface area contributed by atoms with Crippen molar-refractivity contribution in [1.82, 2.24) is 15.6 Å². The molecule has 22 heavy (non-hydrogen) atoms. The lowest BCUT2D eigenvalue weighted by atomic mass is 10.1. The largest absolute Gasteiger partial charge is 0.332 e. The number of amides is 2. The van der Waals surface area contributed by atoms with Crippen LogP contribution < -0.4 is 10.6 Å². The van der Waals surface area contributed by atoms with Gasteiger partial charge in [-0.3, -0.25) is 0 Å². The van der Waals surface area contributed by atoms with Crippen molar-refractivity contribution in [1.29, 1.82) is 0 Å². The van der Waals surface area contributed by atoms with Crippen molar-refractivity contribution < 1.29 is 4.79 Å². The zero-order valence-electron chi connectivity index (χ0n) is 13.2. The maximum absolute atomic E-state index is 12.2. The van der Waals surface area contributed by atoms with Gasteiger partial charge in [0.25, 0.3) is 0 Å². The van der Waals surface area contributed by atoms with Gasteiger partial charge in [0.15, 0.2) is 0 Å². The van der Waals surface area contributed by atoms with Crippen LogP contribution in [-0.4, -0.2) is 17.3 Å². The van der Waals surface area contributed by atoms with Crippen molar-refractivity contribution in [2.45, 2.75) is 37.8 Å². The number of benzene rings is 1. The second-order valence-corrected chi connectivity index (χ2v) is 7.23. The van der Waals surface area contributed by atoms with Gasteiger partial charge in [-0.25, -0.2) is 9.78 Å². The number of thioether (sulfide) groups is 1. The van der Waals surface area contributed by atoms with E-state index in [9.17, 15) is 4.79 Å². The van der Waals surface area contributed by atoms with Crippen LogP contribution in [0.1, 0.15) is 41.4 Å². The zero-order valence-corrected chi connectivity index (χ0v) is 14.8. The third kappa shape index (κ3) is 4.24. The molecule has 0 aliphatic heterocycles. The number of rotatable bonds is 5. The van der Waals surface area contributed by atoms with Crippen molar-refractivity contribution >= 4 is 29.1 Å². The summed E-state index contributed by atoms with van der Waals surface area (Å²) in [6, 6.07) is 7.79. The second-order valence-electron chi connectivity index (χ2n) is 5.11. The lowest BCUT2D eigenvalue weighted by Gasteiger charge is -2.19. The zero-order chi connectivity index (χ0) is 16.1. The molecule has 6 heteroatoms. The fourth-order valence-electron chi connectivity index (χ4n) is 2.17. The van der Waals surface area contributed by atoms with E-state index >= 15 is 0 Å².